The fourth-order valence-electron chi connectivity index (χ4n) is 14.4. The van der Waals surface area contributed by atoms with Crippen LogP contribution in [0.4, 0.5) is 40.0 Å². The van der Waals surface area contributed by atoms with Crippen molar-refractivity contribution in [2.45, 2.75) is 84.0 Å². The first kappa shape index (κ1) is 55.8. The number of anilines is 6. The van der Waals surface area contributed by atoms with E-state index in [0.717, 1.165) is 95.2 Å². The van der Waals surface area contributed by atoms with Crippen molar-refractivity contribution in [2.24, 2.45) is 4.99 Å². The Morgan fingerprint density at radius 1 is 0.432 bits per heavy atom. The number of hydrogen-bond acceptors (Lipinski definition) is 4. The van der Waals surface area contributed by atoms with E-state index in [0.29, 0.717) is 5.88 Å². The molecule has 11 aromatic carbocycles. The number of fused-ring (bicyclic) bond motifs is 9. The molecule has 0 fully saturated rings. The molecule has 0 saturated heterocycles. The second-order valence-corrected chi connectivity index (χ2v) is 26.3. The van der Waals surface area contributed by atoms with Crippen LogP contribution in [0.5, 0.6) is 0 Å². The Morgan fingerprint density at radius 2 is 0.830 bits per heavy atom. The van der Waals surface area contributed by atoms with E-state index in [1.165, 1.54) is 44.5 Å². The van der Waals surface area contributed by atoms with E-state index in [-0.39, 0.29) is 10.8 Å². The third kappa shape index (κ3) is 8.99. The first-order valence-corrected chi connectivity index (χ1v) is 30.9. The van der Waals surface area contributed by atoms with Gasteiger partial charge < -0.3 is 14.2 Å². The van der Waals surface area contributed by atoms with Crippen molar-refractivity contribution in [2.75, 3.05) is 9.80 Å². The Bertz CT molecular complexity index is 4580. The van der Waals surface area contributed by atoms with E-state index in [9.17, 15) is 0 Å². The minimum Gasteiger partial charge on any atom is -0.437 e. The van der Waals surface area contributed by atoms with Crippen LogP contribution in [0, 0.1) is 0 Å². The molecule has 0 radical (unpaired) electrons. The van der Waals surface area contributed by atoms with E-state index >= 15 is 0 Å². The summed E-state index contributed by atoms with van der Waals surface area (Å²) in [5, 5.41) is 0.955. The molecule has 88 heavy (non-hydrogen) atoms. The highest BCUT2D eigenvalue weighted by Crippen LogP contribution is 2.68. The molecule has 2 aliphatic rings. The van der Waals surface area contributed by atoms with Crippen LogP contribution in [0.3, 0.4) is 0 Å². The van der Waals surface area contributed by atoms with Crippen LogP contribution < -0.4 is 9.80 Å². The Balaban J connectivity index is 1.16. The highest BCUT2D eigenvalue weighted by Gasteiger charge is 2.53. The minimum atomic E-state index is -0.922. The SMILES string of the molecule is C=Nc1oc2c3c(cc(N(c4ccc(-c5ccccc5)cc4)c4ccc(C(C)(C)C)cc4)c2c1/C=C\C)C(c1ccccc1)(c1ccccc1)c1cc(N(c2ccc(-c4ccccc4)cc2)c2ccc(C(C)(C)C)cc2)c2c(c1-3)-c1ccccc1C2(C)C. The molecular weight excluding hydrogens is 1070 g/mol. The molecule has 0 aliphatic heterocycles. The van der Waals surface area contributed by atoms with E-state index in [1.54, 1.807) is 0 Å². The molecule has 0 amide bonds. The van der Waals surface area contributed by atoms with Crippen LogP contribution in [0.1, 0.15) is 112 Å². The fourth-order valence-corrected chi connectivity index (χ4v) is 14.4. The van der Waals surface area contributed by atoms with Gasteiger partial charge in [-0.15, -0.1) is 0 Å². The first-order chi connectivity index (χ1) is 42.6. The highest BCUT2D eigenvalue weighted by atomic mass is 16.3. The van der Waals surface area contributed by atoms with Crippen molar-refractivity contribution in [3.8, 4) is 44.5 Å². The summed E-state index contributed by atoms with van der Waals surface area (Å²) in [4.78, 5) is 9.76. The number of rotatable bonds is 12. The topological polar surface area (TPSA) is 32.0 Å². The van der Waals surface area contributed by atoms with Gasteiger partial charge in [0.1, 0.15) is 5.58 Å². The van der Waals surface area contributed by atoms with Gasteiger partial charge in [-0.05, 0) is 169 Å². The summed E-state index contributed by atoms with van der Waals surface area (Å²) in [6, 6.07) is 94.7. The molecule has 0 spiro atoms. The molecule has 12 aromatic rings. The molecule has 0 N–H and O–H groups in total. The summed E-state index contributed by atoms with van der Waals surface area (Å²) in [7, 11) is 0. The molecule has 4 nitrogen and oxygen atoms in total. The Morgan fingerprint density at radius 3 is 1.28 bits per heavy atom. The smallest absolute Gasteiger partial charge is 0.226 e. The van der Waals surface area contributed by atoms with Gasteiger partial charge in [-0.3, -0.25) is 0 Å². The van der Waals surface area contributed by atoms with Crippen molar-refractivity contribution >= 4 is 63.8 Å². The Kier molecular flexibility index (Phi) is 13.6. The first-order valence-electron chi connectivity index (χ1n) is 30.9. The summed E-state index contributed by atoms with van der Waals surface area (Å²) in [6.07, 6.45) is 4.25. The van der Waals surface area contributed by atoms with Gasteiger partial charge >= 0.3 is 0 Å². The predicted molar refractivity (Wildman–Crippen MR) is 373 cm³/mol. The van der Waals surface area contributed by atoms with E-state index in [4.69, 9.17) is 9.41 Å². The third-order valence-electron chi connectivity index (χ3n) is 18.6. The zero-order valence-corrected chi connectivity index (χ0v) is 51.9. The largest absolute Gasteiger partial charge is 0.437 e. The molecule has 430 valence electrons. The summed E-state index contributed by atoms with van der Waals surface area (Å²) >= 11 is 0. The molecule has 0 atom stereocenters. The van der Waals surface area contributed by atoms with Crippen LogP contribution in [0.2, 0.25) is 0 Å². The van der Waals surface area contributed by atoms with Gasteiger partial charge in [-0.1, -0.05) is 262 Å². The molecule has 14 rings (SSSR count). The molecule has 0 bridgehead atoms. The van der Waals surface area contributed by atoms with Gasteiger partial charge in [0.2, 0.25) is 5.88 Å². The van der Waals surface area contributed by atoms with Crippen LogP contribution in [0.15, 0.2) is 270 Å². The summed E-state index contributed by atoms with van der Waals surface area (Å²) in [6.45, 7) is 24.9. The van der Waals surface area contributed by atoms with Gasteiger partial charge in [-0.2, -0.15) is 0 Å². The summed E-state index contributed by atoms with van der Waals surface area (Å²) in [5.74, 6) is 0.474. The zero-order valence-electron chi connectivity index (χ0n) is 51.9. The van der Waals surface area contributed by atoms with Crippen molar-refractivity contribution < 1.29 is 4.42 Å². The van der Waals surface area contributed by atoms with E-state index in [2.05, 4.69) is 346 Å². The summed E-state index contributed by atoms with van der Waals surface area (Å²) < 4.78 is 7.55. The third-order valence-corrected chi connectivity index (χ3v) is 18.6. The second-order valence-electron chi connectivity index (χ2n) is 26.3. The van der Waals surface area contributed by atoms with Crippen molar-refractivity contribution in [1.29, 1.82) is 0 Å². The lowest BCUT2D eigenvalue weighted by molar-refractivity contribution is 0.590. The average Bonchev–Trinajstić information content (AvgIpc) is 1.50. The lowest BCUT2D eigenvalue weighted by atomic mass is 9.67. The van der Waals surface area contributed by atoms with Crippen molar-refractivity contribution in [3.05, 3.63) is 311 Å². The van der Waals surface area contributed by atoms with E-state index in [1.807, 2.05) is 0 Å². The lowest BCUT2D eigenvalue weighted by Gasteiger charge is -2.37. The van der Waals surface area contributed by atoms with E-state index < -0.39 is 10.8 Å². The van der Waals surface area contributed by atoms with Gasteiger partial charge in [0, 0.05) is 39.3 Å². The molecule has 1 heterocycles. The normalized spacial score (nSPS) is 13.7. The molecule has 0 saturated carbocycles. The number of nitrogens with zero attached hydrogens (tertiary/aromatic N) is 3. The van der Waals surface area contributed by atoms with Crippen LogP contribution in [-0.2, 0) is 21.7 Å². The highest BCUT2D eigenvalue weighted by molar-refractivity contribution is 6.17. The number of furan rings is 1. The maximum atomic E-state index is 7.55. The molecule has 2 aliphatic carbocycles. The average molecular weight is 1140 g/mol. The molecule has 4 heteroatoms. The molecular formula is C84H73N3O. The standard InChI is InChI=1S/C84H73N3O/c1-11-26-68-74-72(86(65-49-41-59(42-50-65)81(2,3)4)63-45-37-57(38-46-63)55-27-16-12-17-28-55)53-71-77(79(74)88-80(68)85-10)76-70(84(71,61-31-20-14-21-32-61)62-33-22-15-23-34-62)54-73(78-75(76)67-35-24-25-36-69(67)83(78,8)9)87(66-51-43-60(44-52-66)82(5,6)7)64-47-39-58(40-48-64)56-29-18-13-19-30-56/h11-54H,10H2,1-9H3/b26-11-. The van der Waals surface area contributed by atoms with Gasteiger partial charge in [0.25, 0.3) is 0 Å². The maximum absolute atomic E-state index is 7.55. The predicted octanol–water partition coefficient (Wildman–Crippen LogP) is 23.3. The van der Waals surface area contributed by atoms with Gasteiger partial charge in [0.05, 0.1) is 22.2 Å². The Hall–Kier alpha value is -10.0. The van der Waals surface area contributed by atoms with Crippen molar-refractivity contribution in [1.82, 2.24) is 0 Å². The summed E-state index contributed by atoms with van der Waals surface area (Å²) in [5.41, 5.74) is 25.3. The zero-order chi connectivity index (χ0) is 60.7. The van der Waals surface area contributed by atoms with Crippen molar-refractivity contribution in [3.63, 3.8) is 0 Å². The van der Waals surface area contributed by atoms with Crippen LogP contribution in [-0.4, -0.2) is 6.72 Å². The molecule has 0 unspecified atom stereocenters. The maximum Gasteiger partial charge on any atom is 0.226 e. The fraction of sp³-hybridized carbons (Fsp3) is 0.155. The second kappa shape index (κ2) is 21.4. The van der Waals surface area contributed by atoms with Crippen LogP contribution in [0.25, 0.3) is 61.6 Å². The molecule has 1 aromatic heterocycles. The van der Waals surface area contributed by atoms with Gasteiger partial charge in [-0.25, -0.2) is 4.99 Å². The van der Waals surface area contributed by atoms with Crippen LogP contribution >= 0.6 is 0 Å². The monoisotopic (exact) mass is 1140 g/mol. The quantitative estimate of drug-likeness (QED) is 0.114. The number of aliphatic imine (C=N–C) groups is 1. The minimum absolute atomic E-state index is 0.0449. The number of hydrogen-bond donors (Lipinski definition) is 0. The lowest BCUT2D eigenvalue weighted by Crippen LogP contribution is -2.29. The number of benzene rings is 11. The number of allylic oxidation sites excluding steroid dienone is 1. The Labute approximate surface area is 519 Å². The van der Waals surface area contributed by atoms with Gasteiger partial charge in [0.15, 0.2) is 0 Å².